The highest BCUT2D eigenvalue weighted by Gasteiger charge is 2.16. The van der Waals surface area contributed by atoms with Gasteiger partial charge in [-0.05, 0) is 43.7 Å². The maximum Gasteiger partial charge on any atom is 0.347 e. The highest BCUT2D eigenvalue weighted by atomic mass is 35.5. The summed E-state index contributed by atoms with van der Waals surface area (Å²) in [6.07, 6.45) is 2.54. The minimum atomic E-state index is -0.309. The second-order valence-corrected chi connectivity index (χ2v) is 5.03. The Kier molecular flexibility index (Phi) is 4.94. The first-order valence-electron chi connectivity index (χ1n) is 6.52. The number of H-pyrrole nitrogens is 1. The number of halogens is 1. The van der Waals surface area contributed by atoms with Crippen LogP contribution in [0.25, 0.3) is 5.69 Å². The lowest BCUT2D eigenvalue weighted by atomic mass is 10.1. The molecule has 20 heavy (non-hydrogen) atoms. The third-order valence-corrected chi connectivity index (χ3v) is 3.34. The van der Waals surface area contributed by atoms with Crippen molar-refractivity contribution in [2.45, 2.75) is 25.3 Å². The van der Waals surface area contributed by atoms with Crippen molar-refractivity contribution in [3.8, 4) is 5.69 Å². The summed E-state index contributed by atoms with van der Waals surface area (Å²) in [7, 11) is 0. The zero-order valence-corrected chi connectivity index (χ0v) is 11.8. The molecule has 2 aromatic rings. The SMILES string of the molecule is NCCCCC(N)c1n[nH]c(=O)n1-c1ccc(Cl)cc1. The summed E-state index contributed by atoms with van der Waals surface area (Å²) in [5.41, 5.74) is 12.0. The van der Waals surface area contributed by atoms with Crippen LogP contribution < -0.4 is 17.2 Å². The van der Waals surface area contributed by atoms with Crippen LogP contribution in [0.5, 0.6) is 0 Å². The normalized spacial score (nSPS) is 12.6. The van der Waals surface area contributed by atoms with E-state index in [9.17, 15) is 4.79 Å². The summed E-state index contributed by atoms with van der Waals surface area (Å²) in [5.74, 6) is 0.523. The standard InChI is InChI=1S/C13H18ClN5O/c14-9-4-6-10(7-5-9)19-12(17-18-13(19)20)11(16)3-1-2-8-15/h4-7,11H,1-3,8,15-16H2,(H,18,20). The Morgan fingerprint density at radius 2 is 2.00 bits per heavy atom. The van der Waals surface area contributed by atoms with Crippen LogP contribution in [0.15, 0.2) is 29.1 Å². The van der Waals surface area contributed by atoms with Crippen LogP contribution in [0.2, 0.25) is 5.02 Å². The van der Waals surface area contributed by atoms with Crippen LogP contribution in [0.4, 0.5) is 0 Å². The van der Waals surface area contributed by atoms with Gasteiger partial charge in [0.2, 0.25) is 0 Å². The van der Waals surface area contributed by atoms with Gasteiger partial charge in [0.15, 0.2) is 5.82 Å². The van der Waals surface area contributed by atoms with Gasteiger partial charge >= 0.3 is 5.69 Å². The Labute approximate surface area is 121 Å². The van der Waals surface area contributed by atoms with Crippen molar-refractivity contribution in [2.24, 2.45) is 11.5 Å². The smallest absolute Gasteiger partial charge is 0.330 e. The van der Waals surface area contributed by atoms with E-state index in [0.29, 0.717) is 23.1 Å². The molecule has 2 rings (SSSR count). The van der Waals surface area contributed by atoms with Gasteiger partial charge < -0.3 is 11.5 Å². The van der Waals surface area contributed by atoms with Gasteiger partial charge in [0.1, 0.15) is 0 Å². The molecule has 1 aromatic carbocycles. The van der Waals surface area contributed by atoms with Gasteiger partial charge in [-0.3, -0.25) is 0 Å². The van der Waals surface area contributed by atoms with Crippen LogP contribution in [0.3, 0.4) is 0 Å². The molecule has 5 N–H and O–H groups in total. The second kappa shape index (κ2) is 6.69. The van der Waals surface area contributed by atoms with E-state index in [1.807, 2.05) is 0 Å². The van der Waals surface area contributed by atoms with Crippen molar-refractivity contribution in [3.05, 3.63) is 45.6 Å². The summed E-state index contributed by atoms with van der Waals surface area (Å²) in [6.45, 7) is 0.636. The van der Waals surface area contributed by atoms with E-state index < -0.39 is 0 Å². The summed E-state index contributed by atoms with van der Waals surface area (Å²) in [6, 6.07) is 6.65. The van der Waals surface area contributed by atoms with Crippen LogP contribution in [-0.2, 0) is 0 Å². The molecule has 1 unspecified atom stereocenters. The first kappa shape index (κ1) is 14.8. The topological polar surface area (TPSA) is 103 Å². The van der Waals surface area contributed by atoms with E-state index in [-0.39, 0.29) is 11.7 Å². The van der Waals surface area contributed by atoms with Crippen molar-refractivity contribution in [1.29, 1.82) is 0 Å². The van der Waals surface area contributed by atoms with Gasteiger partial charge in [-0.25, -0.2) is 14.5 Å². The van der Waals surface area contributed by atoms with Gasteiger partial charge in [0.25, 0.3) is 0 Å². The minimum absolute atomic E-state index is 0.309. The van der Waals surface area contributed by atoms with Gasteiger partial charge in [0.05, 0.1) is 11.7 Å². The molecular weight excluding hydrogens is 278 g/mol. The first-order chi connectivity index (χ1) is 9.63. The summed E-state index contributed by atoms with van der Waals surface area (Å²) in [5, 5.41) is 7.08. The zero-order chi connectivity index (χ0) is 14.5. The highest BCUT2D eigenvalue weighted by molar-refractivity contribution is 6.30. The number of rotatable bonds is 6. The number of benzene rings is 1. The van der Waals surface area contributed by atoms with E-state index in [1.54, 1.807) is 24.3 Å². The average molecular weight is 296 g/mol. The molecule has 0 amide bonds. The zero-order valence-electron chi connectivity index (χ0n) is 11.1. The van der Waals surface area contributed by atoms with Crippen molar-refractivity contribution in [2.75, 3.05) is 6.54 Å². The maximum absolute atomic E-state index is 11.9. The Balaban J connectivity index is 2.27. The lowest BCUT2D eigenvalue weighted by Gasteiger charge is -2.12. The minimum Gasteiger partial charge on any atom is -0.330 e. The Morgan fingerprint density at radius 3 is 2.65 bits per heavy atom. The van der Waals surface area contributed by atoms with Crippen LogP contribution in [-0.4, -0.2) is 21.3 Å². The molecule has 1 heterocycles. The second-order valence-electron chi connectivity index (χ2n) is 4.59. The predicted octanol–water partition coefficient (Wildman–Crippen LogP) is 1.34. The molecule has 0 aliphatic rings. The van der Waals surface area contributed by atoms with Crippen molar-refractivity contribution in [1.82, 2.24) is 14.8 Å². The number of hydrogen-bond donors (Lipinski definition) is 3. The molecule has 1 aromatic heterocycles. The maximum atomic E-state index is 11.9. The fourth-order valence-corrected chi connectivity index (χ4v) is 2.16. The molecule has 0 aliphatic carbocycles. The van der Waals surface area contributed by atoms with Crippen LogP contribution in [0.1, 0.15) is 31.1 Å². The number of nitrogens with two attached hydrogens (primary N) is 2. The molecule has 0 saturated carbocycles. The largest absolute Gasteiger partial charge is 0.347 e. The van der Waals surface area contributed by atoms with E-state index in [4.69, 9.17) is 23.1 Å². The van der Waals surface area contributed by atoms with E-state index in [2.05, 4.69) is 10.2 Å². The lowest BCUT2D eigenvalue weighted by Crippen LogP contribution is -2.22. The van der Waals surface area contributed by atoms with Gasteiger partial charge in [0, 0.05) is 5.02 Å². The van der Waals surface area contributed by atoms with Gasteiger partial charge in [-0.15, -0.1) is 0 Å². The lowest BCUT2D eigenvalue weighted by molar-refractivity contribution is 0.557. The van der Waals surface area contributed by atoms with E-state index in [1.165, 1.54) is 4.57 Å². The molecule has 0 aliphatic heterocycles. The van der Waals surface area contributed by atoms with E-state index in [0.717, 1.165) is 19.3 Å². The Morgan fingerprint density at radius 1 is 1.30 bits per heavy atom. The van der Waals surface area contributed by atoms with Gasteiger partial charge in [-0.2, -0.15) is 5.10 Å². The monoisotopic (exact) mass is 295 g/mol. The molecule has 0 bridgehead atoms. The molecule has 1 atom stereocenters. The summed E-state index contributed by atoms with van der Waals surface area (Å²) >= 11 is 5.85. The fraction of sp³-hybridized carbons (Fsp3) is 0.385. The third-order valence-electron chi connectivity index (χ3n) is 3.08. The summed E-state index contributed by atoms with van der Waals surface area (Å²) < 4.78 is 1.48. The number of nitrogens with zero attached hydrogens (tertiary/aromatic N) is 2. The van der Waals surface area contributed by atoms with Crippen molar-refractivity contribution in [3.63, 3.8) is 0 Å². The van der Waals surface area contributed by atoms with Crippen LogP contribution >= 0.6 is 11.6 Å². The number of unbranched alkanes of at least 4 members (excludes halogenated alkanes) is 1. The molecule has 108 valence electrons. The number of hydrogen-bond acceptors (Lipinski definition) is 4. The molecule has 7 heteroatoms. The third kappa shape index (κ3) is 3.27. The van der Waals surface area contributed by atoms with Crippen molar-refractivity contribution < 1.29 is 0 Å². The number of aromatic amines is 1. The highest BCUT2D eigenvalue weighted by Crippen LogP contribution is 2.18. The van der Waals surface area contributed by atoms with E-state index >= 15 is 0 Å². The molecule has 0 spiro atoms. The average Bonchev–Trinajstić information content (AvgIpc) is 2.82. The number of nitrogens with one attached hydrogen (secondary N) is 1. The molecule has 0 radical (unpaired) electrons. The Bertz CT molecular complexity index is 604. The molecule has 0 fully saturated rings. The van der Waals surface area contributed by atoms with Crippen LogP contribution in [0, 0.1) is 0 Å². The quantitative estimate of drug-likeness (QED) is 0.700. The summed E-state index contributed by atoms with van der Waals surface area (Å²) in [4.78, 5) is 11.9. The van der Waals surface area contributed by atoms with Gasteiger partial charge in [-0.1, -0.05) is 18.0 Å². The van der Waals surface area contributed by atoms with Crippen molar-refractivity contribution >= 4 is 11.6 Å². The molecule has 6 nitrogen and oxygen atoms in total. The molecule has 0 saturated heterocycles. The number of aromatic nitrogens is 3. The first-order valence-corrected chi connectivity index (χ1v) is 6.90. The fourth-order valence-electron chi connectivity index (χ4n) is 2.04. The Hall–Kier alpha value is -1.63. The molecular formula is C13H18ClN5O. The predicted molar refractivity (Wildman–Crippen MR) is 79.0 cm³/mol.